The van der Waals surface area contributed by atoms with Crippen molar-refractivity contribution in [3.05, 3.63) is 20.3 Å². The van der Waals surface area contributed by atoms with Crippen LogP contribution >= 0.6 is 27.3 Å². The van der Waals surface area contributed by atoms with E-state index in [0.717, 1.165) is 10.2 Å². The van der Waals surface area contributed by atoms with Crippen molar-refractivity contribution in [3.8, 4) is 0 Å². The first-order valence-corrected chi connectivity index (χ1v) is 5.73. The molecule has 0 aromatic carbocycles. The number of carboxylic acids is 1. The van der Waals surface area contributed by atoms with Crippen LogP contribution in [0.1, 0.15) is 23.8 Å². The van der Waals surface area contributed by atoms with Crippen LogP contribution in [0.4, 0.5) is 0 Å². The lowest BCUT2D eigenvalue weighted by atomic mass is 10.1. The highest BCUT2D eigenvalue weighted by Crippen LogP contribution is 2.28. The lowest BCUT2D eigenvalue weighted by Crippen LogP contribution is -1.97. The molecular weight excluding hydrogens is 252 g/mol. The van der Waals surface area contributed by atoms with Gasteiger partial charge in [0.15, 0.2) is 0 Å². The van der Waals surface area contributed by atoms with E-state index in [4.69, 9.17) is 5.11 Å². The minimum Gasteiger partial charge on any atom is -0.481 e. The average molecular weight is 263 g/mol. The Morgan fingerprint density at radius 2 is 2.38 bits per heavy atom. The van der Waals surface area contributed by atoms with Crippen LogP contribution in [0.3, 0.4) is 0 Å². The Labute approximate surface area is 89.7 Å². The maximum atomic E-state index is 10.4. The number of rotatable bonds is 4. The third kappa shape index (κ3) is 3.12. The highest BCUT2D eigenvalue weighted by molar-refractivity contribution is 9.11. The lowest BCUT2D eigenvalue weighted by molar-refractivity contribution is -0.136. The molecule has 2 nitrogen and oxygen atoms in total. The van der Waals surface area contributed by atoms with Crippen molar-refractivity contribution in [1.82, 2.24) is 0 Å². The van der Waals surface area contributed by atoms with Crippen molar-refractivity contribution in [2.45, 2.75) is 26.2 Å². The van der Waals surface area contributed by atoms with E-state index in [0.29, 0.717) is 6.42 Å². The zero-order chi connectivity index (χ0) is 9.84. The number of carbonyl (C=O) groups is 1. The fourth-order valence-electron chi connectivity index (χ4n) is 1.16. The molecule has 1 rings (SSSR count). The number of halogens is 1. The summed E-state index contributed by atoms with van der Waals surface area (Å²) >= 11 is 5.04. The summed E-state index contributed by atoms with van der Waals surface area (Å²) in [5.74, 6) is -0.730. The molecule has 4 heteroatoms. The molecule has 0 unspecified atom stereocenters. The van der Waals surface area contributed by atoms with Gasteiger partial charge in [-0.2, -0.15) is 0 Å². The van der Waals surface area contributed by atoms with Gasteiger partial charge in [-0.05, 0) is 40.4 Å². The Bertz CT molecular complexity index is 307. The summed E-state index contributed by atoms with van der Waals surface area (Å²) in [6.07, 6.45) is 1.84. The lowest BCUT2D eigenvalue weighted by Gasteiger charge is -1.97. The minimum absolute atomic E-state index is 0.222. The molecule has 72 valence electrons. The smallest absolute Gasteiger partial charge is 0.303 e. The van der Waals surface area contributed by atoms with E-state index >= 15 is 0 Å². The van der Waals surface area contributed by atoms with E-state index < -0.39 is 5.97 Å². The topological polar surface area (TPSA) is 37.3 Å². The summed E-state index contributed by atoms with van der Waals surface area (Å²) in [5.41, 5.74) is 1.26. The summed E-state index contributed by atoms with van der Waals surface area (Å²) < 4.78 is 1.09. The van der Waals surface area contributed by atoms with Crippen LogP contribution < -0.4 is 0 Å². The molecule has 1 heterocycles. The van der Waals surface area contributed by atoms with Gasteiger partial charge >= 0.3 is 5.97 Å². The molecule has 0 aliphatic heterocycles. The second-order valence-corrected chi connectivity index (χ2v) is 5.26. The summed E-state index contributed by atoms with van der Waals surface area (Å²) in [6.45, 7) is 2.08. The van der Waals surface area contributed by atoms with E-state index in [1.807, 2.05) is 0 Å². The van der Waals surface area contributed by atoms with E-state index in [1.165, 1.54) is 10.4 Å². The Balaban J connectivity index is 2.69. The van der Waals surface area contributed by atoms with Crippen LogP contribution in [0.15, 0.2) is 9.85 Å². The van der Waals surface area contributed by atoms with Crippen LogP contribution in [0.2, 0.25) is 0 Å². The number of aliphatic carboxylic acids is 1. The van der Waals surface area contributed by atoms with Gasteiger partial charge in [0.05, 0.1) is 10.2 Å². The SMILES string of the molecule is CCc1cc(Br)sc1CCC(=O)O. The van der Waals surface area contributed by atoms with E-state index in [2.05, 4.69) is 28.9 Å². The van der Waals surface area contributed by atoms with Gasteiger partial charge in [-0.15, -0.1) is 11.3 Å². The molecule has 0 amide bonds. The first kappa shape index (κ1) is 10.7. The molecule has 1 N–H and O–H groups in total. The predicted octanol–water partition coefficient (Wildman–Crippen LogP) is 3.09. The number of hydrogen-bond acceptors (Lipinski definition) is 2. The molecule has 0 radical (unpaired) electrons. The van der Waals surface area contributed by atoms with Crippen molar-refractivity contribution < 1.29 is 9.90 Å². The normalized spacial score (nSPS) is 10.3. The first-order chi connectivity index (χ1) is 6.13. The third-order valence-electron chi connectivity index (χ3n) is 1.81. The summed E-state index contributed by atoms with van der Waals surface area (Å²) in [5, 5.41) is 8.54. The van der Waals surface area contributed by atoms with Gasteiger partial charge in [0.1, 0.15) is 0 Å². The first-order valence-electron chi connectivity index (χ1n) is 4.12. The van der Waals surface area contributed by atoms with Crippen LogP contribution in [-0.2, 0) is 17.6 Å². The van der Waals surface area contributed by atoms with Crippen molar-refractivity contribution >= 4 is 33.2 Å². The molecule has 13 heavy (non-hydrogen) atoms. The molecule has 0 atom stereocenters. The zero-order valence-corrected chi connectivity index (χ0v) is 9.74. The van der Waals surface area contributed by atoms with Crippen LogP contribution in [0, 0.1) is 0 Å². The minimum atomic E-state index is -0.730. The number of thiophene rings is 1. The Kier molecular flexibility index (Phi) is 3.93. The average Bonchev–Trinajstić information content (AvgIpc) is 2.42. The molecule has 0 aliphatic rings. The summed E-state index contributed by atoms with van der Waals surface area (Å²) in [4.78, 5) is 11.6. The summed E-state index contributed by atoms with van der Waals surface area (Å²) in [7, 11) is 0. The highest BCUT2D eigenvalue weighted by Gasteiger charge is 2.07. The maximum absolute atomic E-state index is 10.4. The summed E-state index contributed by atoms with van der Waals surface area (Å²) in [6, 6.07) is 2.07. The van der Waals surface area contributed by atoms with Crippen LogP contribution in [0.5, 0.6) is 0 Å². The molecule has 0 bridgehead atoms. The fourth-order valence-corrected chi connectivity index (χ4v) is 3.00. The number of hydrogen-bond donors (Lipinski definition) is 1. The zero-order valence-electron chi connectivity index (χ0n) is 7.34. The Morgan fingerprint density at radius 3 is 2.92 bits per heavy atom. The Morgan fingerprint density at radius 1 is 1.69 bits per heavy atom. The molecule has 0 saturated carbocycles. The second-order valence-electron chi connectivity index (χ2n) is 2.75. The van der Waals surface area contributed by atoms with Crippen LogP contribution in [-0.4, -0.2) is 11.1 Å². The fraction of sp³-hybridized carbons (Fsp3) is 0.444. The standard InChI is InChI=1S/C9H11BrO2S/c1-2-6-5-8(10)13-7(6)3-4-9(11)12/h5H,2-4H2,1H3,(H,11,12). The molecule has 0 spiro atoms. The second kappa shape index (κ2) is 4.77. The van der Waals surface area contributed by atoms with Crippen molar-refractivity contribution in [3.63, 3.8) is 0 Å². The van der Waals surface area contributed by atoms with Crippen LogP contribution in [0.25, 0.3) is 0 Å². The van der Waals surface area contributed by atoms with Gasteiger partial charge in [-0.1, -0.05) is 6.92 Å². The van der Waals surface area contributed by atoms with Gasteiger partial charge in [-0.25, -0.2) is 0 Å². The molecule has 0 fully saturated rings. The molecule has 1 aromatic heterocycles. The van der Waals surface area contributed by atoms with E-state index in [9.17, 15) is 4.79 Å². The van der Waals surface area contributed by atoms with Crippen molar-refractivity contribution in [1.29, 1.82) is 0 Å². The van der Waals surface area contributed by atoms with Crippen molar-refractivity contribution in [2.24, 2.45) is 0 Å². The molecule has 0 saturated heterocycles. The van der Waals surface area contributed by atoms with E-state index in [1.54, 1.807) is 11.3 Å². The van der Waals surface area contributed by atoms with Gasteiger partial charge in [0.2, 0.25) is 0 Å². The molecule has 1 aromatic rings. The van der Waals surface area contributed by atoms with Gasteiger partial charge in [0, 0.05) is 4.88 Å². The molecular formula is C9H11BrO2S. The quantitative estimate of drug-likeness (QED) is 0.906. The maximum Gasteiger partial charge on any atom is 0.303 e. The third-order valence-corrected chi connectivity index (χ3v) is 3.55. The molecule has 0 aliphatic carbocycles. The van der Waals surface area contributed by atoms with Gasteiger partial charge in [-0.3, -0.25) is 4.79 Å². The highest BCUT2D eigenvalue weighted by atomic mass is 79.9. The van der Waals surface area contributed by atoms with E-state index in [-0.39, 0.29) is 6.42 Å². The number of aryl methyl sites for hydroxylation is 2. The number of carboxylic acid groups (broad SMARTS) is 1. The largest absolute Gasteiger partial charge is 0.481 e. The Hall–Kier alpha value is -0.350. The van der Waals surface area contributed by atoms with Gasteiger partial charge in [0.25, 0.3) is 0 Å². The van der Waals surface area contributed by atoms with Crippen molar-refractivity contribution in [2.75, 3.05) is 0 Å². The van der Waals surface area contributed by atoms with Gasteiger partial charge < -0.3 is 5.11 Å². The predicted molar refractivity (Wildman–Crippen MR) is 57.4 cm³/mol. The monoisotopic (exact) mass is 262 g/mol.